The number of hydrogen-bond acceptors (Lipinski definition) is 4. The normalized spacial score (nSPS) is 16.4. The number of fused-ring (bicyclic) bond motifs is 1. The van der Waals surface area contributed by atoms with Crippen molar-refractivity contribution in [3.63, 3.8) is 0 Å². The quantitative estimate of drug-likeness (QED) is 0.736. The highest BCUT2D eigenvalue weighted by Crippen LogP contribution is 2.26. The predicted molar refractivity (Wildman–Crippen MR) is 67.2 cm³/mol. The zero-order valence-corrected chi connectivity index (χ0v) is 10.6. The van der Waals surface area contributed by atoms with Gasteiger partial charge in [-0.25, -0.2) is 4.98 Å². The molecule has 90 valence electrons. The Bertz CT molecular complexity index is 479. The Labute approximate surface area is 102 Å². The lowest BCUT2D eigenvalue weighted by atomic mass is 9.97. The van der Waals surface area contributed by atoms with E-state index in [-0.39, 0.29) is 5.54 Å². The number of pyridine rings is 1. The van der Waals surface area contributed by atoms with Crippen LogP contribution in [0.1, 0.15) is 37.6 Å². The Kier molecular flexibility index (Phi) is 2.80. The topological polar surface area (TPSA) is 65.9 Å². The van der Waals surface area contributed by atoms with Crippen molar-refractivity contribution in [1.29, 1.82) is 5.26 Å². The third kappa shape index (κ3) is 2.25. The van der Waals surface area contributed by atoms with Crippen molar-refractivity contribution in [2.24, 2.45) is 0 Å². The molecule has 0 atom stereocenters. The Morgan fingerprint density at radius 2 is 2.18 bits per heavy atom. The second-order valence-electron chi connectivity index (χ2n) is 5.48. The Hall–Kier alpha value is -1.60. The van der Waals surface area contributed by atoms with E-state index in [4.69, 9.17) is 11.0 Å². The van der Waals surface area contributed by atoms with Crippen molar-refractivity contribution >= 4 is 5.82 Å². The molecule has 0 saturated heterocycles. The van der Waals surface area contributed by atoms with Crippen molar-refractivity contribution in [3.8, 4) is 6.07 Å². The minimum atomic E-state index is 0.145. The van der Waals surface area contributed by atoms with Crippen LogP contribution in [0.5, 0.6) is 0 Å². The number of anilines is 1. The van der Waals surface area contributed by atoms with Crippen LogP contribution in [0.3, 0.4) is 0 Å². The van der Waals surface area contributed by atoms with Gasteiger partial charge < -0.3 is 5.73 Å². The van der Waals surface area contributed by atoms with Crippen molar-refractivity contribution in [2.45, 2.75) is 39.3 Å². The fraction of sp³-hybridized carbons (Fsp3) is 0.538. The van der Waals surface area contributed by atoms with Gasteiger partial charge in [0, 0.05) is 30.7 Å². The van der Waals surface area contributed by atoms with Crippen molar-refractivity contribution < 1.29 is 0 Å². The number of aromatic nitrogens is 1. The first-order chi connectivity index (χ1) is 7.91. The third-order valence-electron chi connectivity index (χ3n) is 3.27. The Morgan fingerprint density at radius 1 is 1.47 bits per heavy atom. The molecule has 2 rings (SSSR count). The van der Waals surface area contributed by atoms with E-state index >= 15 is 0 Å². The second-order valence-corrected chi connectivity index (χ2v) is 5.48. The lowest BCUT2D eigenvalue weighted by Gasteiger charge is -2.38. The van der Waals surface area contributed by atoms with Crippen molar-refractivity contribution in [2.75, 3.05) is 12.3 Å². The predicted octanol–water partition coefficient (Wildman–Crippen LogP) is 1.69. The number of nitrogen functional groups attached to an aromatic ring is 1. The van der Waals surface area contributed by atoms with Crippen LogP contribution in [-0.4, -0.2) is 22.0 Å². The SMILES string of the molecule is CC(C)(C)N1CCc2nc(N)c(C#N)cc2C1. The summed E-state index contributed by atoms with van der Waals surface area (Å²) >= 11 is 0. The zero-order valence-electron chi connectivity index (χ0n) is 10.6. The zero-order chi connectivity index (χ0) is 12.6. The molecule has 17 heavy (non-hydrogen) atoms. The van der Waals surface area contributed by atoms with Crippen LogP contribution in [0.15, 0.2) is 6.07 Å². The maximum absolute atomic E-state index is 8.96. The van der Waals surface area contributed by atoms with Crippen molar-refractivity contribution in [1.82, 2.24) is 9.88 Å². The molecule has 4 nitrogen and oxygen atoms in total. The van der Waals surface area contributed by atoms with Gasteiger partial charge in [-0.15, -0.1) is 0 Å². The van der Waals surface area contributed by atoms with Gasteiger partial charge in [0.05, 0.1) is 5.56 Å². The molecule has 1 aromatic rings. The Morgan fingerprint density at radius 3 is 2.76 bits per heavy atom. The molecule has 0 amide bonds. The first-order valence-electron chi connectivity index (χ1n) is 5.85. The molecule has 4 heteroatoms. The van der Waals surface area contributed by atoms with Gasteiger partial charge in [-0.3, -0.25) is 4.90 Å². The molecule has 1 aliphatic rings. The average molecular weight is 230 g/mol. The number of nitriles is 1. The van der Waals surface area contributed by atoms with E-state index in [2.05, 4.69) is 36.7 Å². The summed E-state index contributed by atoms with van der Waals surface area (Å²) in [5.74, 6) is 0.357. The molecular weight excluding hydrogens is 212 g/mol. The van der Waals surface area contributed by atoms with E-state index in [1.165, 1.54) is 0 Å². The van der Waals surface area contributed by atoms with Gasteiger partial charge in [0.2, 0.25) is 0 Å². The van der Waals surface area contributed by atoms with Crippen LogP contribution < -0.4 is 5.73 Å². The van der Waals surface area contributed by atoms with Gasteiger partial charge in [-0.1, -0.05) is 0 Å². The smallest absolute Gasteiger partial charge is 0.141 e. The molecular formula is C13H18N4. The summed E-state index contributed by atoms with van der Waals surface area (Å²) in [7, 11) is 0. The van der Waals surface area contributed by atoms with Crippen LogP contribution in [0, 0.1) is 11.3 Å². The fourth-order valence-electron chi connectivity index (χ4n) is 2.15. The van der Waals surface area contributed by atoms with Crippen LogP contribution >= 0.6 is 0 Å². The van der Waals surface area contributed by atoms with Gasteiger partial charge in [0.15, 0.2) is 0 Å². The molecule has 2 heterocycles. The molecule has 0 spiro atoms. The molecule has 0 fully saturated rings. The summed E-state index contributed by atoms with van der Waals surface area (Å²) in [5, 5.41) is 8.96. The minimum Gasteiger partial charge on any atom is -0.383 e. The second kappa shape index (κ2) is 4.01. The summed E-state index contributed by atoms with van der Waals surface area (Å²) in [6.07, 6.45) is 0.905. The van der Waals surface area contributed by atoms with E-state index < -0.39 is 0 Å². The largest absolute Gasteiger partial charge is 0.383 e. The Balaban J connectivity index is 2.35. The standard InChI is InChI=1S/C13H18N4/c1-13(2,3)17-5-4-11-10(8-17)6-9(7-14)12(15)16-11/h6H,4-5,8H2,1-3H3,(H2,15,16). The number of nitrogens with zero attached hydrogens (tertiary/aromatic N) is 3. The van der Waals surface area contributed by atoms with Gasteiger partial charge in [-0.2, -0.15) is 5.26 Å². The summed E-state index contributed by atoms with van der Waals surface area (Å²) < 4.78 is 0. The maximum Gasteiger partial charge on any atom is 0.141 e. The van der Waals surface area contributed by atoms with Crippen LogP contribution in [-0.2, 0) is 13.0 Å². The fourth-order valence-corrected chi connectivity index (χ4v) is 2.15. The monoisotopic (exact) mass is 230 g/mol. The summed E-state index contributed by atoms with van der Waals surface area (Å²) in [4.78, 5) is 6.73. The van der Waals surface area contributed by atoms with E-state index in [1.54, 1.807) is 0 Å². The van der Waals surface area contributed by atoms with Crippen LogP contribution in [0.2, 0.25) is 0 Å². The van der Waals surface area contributed by atoms with E-state index in [0.29, 0.717) is 11.4 Å². The molecule has 0 saturated carbocycles. The molecule has 0 aromatic carbocycles. The van der Waals surface area contributed by atoms with Gasteiger partial charge >= 0.3 is 0 Å². The molecule has 0 unspecified atom stereocenters. The molecule has 0 radical (unpaired) electrons. The summed E-state index contributed by atoms with van der Waals surface area (Å²) in [6.45, 7) is 8.45. The van der Waals surface area contributed by atoms with Gasteiger partial charge in [0.25, 0.3) is 0 Å². The molecule has 1 aliphatic heterocycles. The minimum absolute atomic E-state index is 0.145. The number of hydrogen-bond donors (Lipinski definition) is 1. The highest BCUT2D eigenvalue weighted by Gasteiger charge is 2.26. The molecule has 0 bridgehead atoms. The lowest BCUT2D eigenvalue weighted by Crippen LogP contribution is -2.44. The van der Waals surface area contributed by atoms with E-state index in [0.717, 1.165) is 30.8 Å². The van der Waals surface area contributed by atoms with Crippen LogP contribution in [0.4, 0.5) is 5.82 Å². The first-order valence-corrected chi connectivity index (χ1v) is 5.85. The summed E-state index contributed by atoms with van der Waals surface area (Å²) in [5.41, 5.74) is 8.54. The third-order valence-corrected chi connectivity index (χ3v) is 3.27. The van der Waals surface area contributed by atoms with Crippen molar-refractivity contribution in [3.05, 3.63) is 22.9 Å². The van der Waals surface area contributed by atoms with Crippen LogP contribution in [0.25, 0.3) is 0 Å². The number of nitrogens with two attached hydrogens (primary N) is 1. The van der Waals surface area contributed by atoms with E-state index in [1.807, 2.05) is 6.07 Å². The van der Waals surface area contributed by atoms with Gasteiger partial charge in [-0.05, 0) is 32.4 Å². The summed E-state index contributed by atoms with van der Waals surface area (Å²) in [6, 6.07) is 3.98. The number of rotatable bonds is 0. The molecule has 0 aliphatic carbocycles. The first kappa shape index (κ1) is 11.9. The highest BCUT2D eigenvalue weighted by atomic mass is 15.2. The highest BCUT2D eigenvalue weighted by molar-refractivity contribution is 5.51. The maximum atomic E-state index is 8.96. The molecule has 2 N–H and O–H groups in total. The average Bonchev–Trinajstić information content (AvgIpc) is 2.26. The van der Waals surface area contributed by atoms with E-state index in [9.17, 15) is 0 Å². The molecule has 1 aromatic heterocycles. The lowest BCUT2D eigenvalue weighted by molar-refractivity contribution is 0.120. The van der Waals surface area contributed by atoms with Gasteiger partial charge in [0.1, 0.15) is 11.9 Å².